The van der Waals surface area contributed by atoms with Gasteiger partial charge in [-0.15, -0.1) is 0 Å². The SMILES string of the molecule is N#Cc1ccc(N2C[C@H]3CN(C(=O)c4ccc5ncccc5c4)CC[C@@]3(CO)C2)cc1C(F)(F)F. The molecule has 2 aromatic carbocycles. The molecule has 3 heterocycles. The first kappa shape index (κ1) is 23.1. The molecule has 1 amide bonds. The van der Waals surface area contributed by atoms with Crippen LogP contribution in [-0.2, 0) is 6.18 Å². The van der Waals surface area contributed by atoms with Gasteiger partial charge in [-0.25, -0.2) is 0 Å². The van der Waals surface area contributed by atoms with Crippen LogP contribution in [-0.4, -0.2) is 53.7 Å². The zero-order valence-corrected chi connectivity index (χ0v) is 18.8. The number of pyridine rings is 1. The van der Waals surface area contributed by atoms with Crippen molar-refractivity contribution in [2.24, 2.45) is 11.3 Å². The van der Waals surface area contributed by atoms with E-state index in [2.05, 4.69) is 4.98 Å². The summed E-state index contributed by atoms with van der Waals surface area (Å²) in [6, 6.07) is 14.4. The van der Waals surface area contributed by atoms with Crippen LogP contribution in [0.4, 0.5) is 18.9 Å². The number of nitriles is 1. The molecule has 3 aromatic rings. The number of benzene rings is 2. The number of piperidine rings is 1. The largest absolute Gasteiger partial charge is 0.417 e. The first-order valence-electron chi connectivity index (χ1n) is 11.4. The Morgan fingerprint density at radius 3 is 2.77 bits per heavy atom. The zero-order valence-electron chi connectivity index (χ0n) is 18.8. The van der Waals surface area contributed by atoms with Crippen molar-refractivity contribution in [3.63, 3.8) is 0 Å². The van der Waals surface area contributed by atoms with E-state index in [9.17, 15) is 23.1 Å². The number of rotatable bonds is 3. The summed E-state index contributed by atoms with van der Waals surface area (Å²) in [7, 11) is 0. The Bertz CT molecular complexity index is 1340. The summed E-state index contributed by atoms with van der Waals surface area (Å²) in [4.78, 5) is 21.1. The second-order valence-electron chi connectivity index (χ2n) is 9.35. The number of likely N-dealkylation sites (tertiary alicyclic amines) is 1. The van der Waals surface area contributed by atoms with Crippen molar-refractivity contribution in [3.05, 3.63) is 71.4 Å². The van der Waals surface area contributed by atoms with E-state index in [4.69, 9.17) is 5.26 Å². The van der Waals surface area contributed by atoms with Crippen LogP contribution in [0.3, 0.4) is 0 Å². The van der Waals surface area contributed by atoms with Crippen LogP contribution in [0, 0.1) is 22.7 Å². The highest BCUT2D eigenvalue weighted by molar-refractivity contribution is 5.98. The van der Waals surface area contributed by atoms with Crippen molar-refractivity contribution in [1.82, 2.24) is 9.88 Å². The first-order chi connectivity index (χ1) is 16.7. The van der Waals surface area contributed by atoms with Gasteiger partial charge in [-0.3, -0.25) is 9.78 Å². The van der Waals surface area contributed by atoms with Gasteiger partial charge in [0.15, 0.2) is 0 Å². The molecule has 0 radical (unpaired) electrons. The fourth-order valence-electron chi connectivity index (χ4n) is 5.37. The first-order valence-corrected chi connectivity index (χ1v) is 11.4. The number of halogens is 3. The number of fused-ring (bicyclic) bond motifs is 2. The second-order valence-corrected chi connectivity index (χ2v) is 9.35. The standard InChI is InChI=1S/C26H23F3N4O2/c27-26(28,29)22-11-21(5-3-19(22)12-30)33-14-20-13-32(9-7-25(20,15-33)16-34)24(35)18-4-6-23-17(10-18)2-1-8-31-23/h1-6,8,10-11,20,34H,7,9,13-16H2/t20-,25+/m1/s1. The average molecular weight is 480 g/mol. The Balaban J connectivity index is 1.38. The molecule has 0 bridgehead atoms. The smallest absolute Gasteiger partial charge is 0.396 e. The number of hydrogen-bond donors (Lipinski definition) is 1. The molecule has 6 nitrogen and oxygen atoms in total. The van der Waals surface area contributed by atoms with Crippen LogP contribution < -0.4 is 4.90 Å². The van der Waals surface area contributed by atoms with E-state index in [1.165, 1.54) is 12.1 Å². The molecule has 2 atom stereocenters. The van der Waals surface area contributed by atoms with Crippen LogP contribution in [0.15, 0.2) is 54.7 Å². The van der Waals surface area contributed by atoms with Crippen molar-refractivity contribution in [2.45, 2.75) is 12.6 Å². The normalized spacial score (nSPS) is 22.2. The molecule has 2 aliphatic heterocycles. The number of carbonyl (C=O) groups excluding carboxylic acids is 1. The quantitative estimate of drug-likeness (QED) is 0.611. The third-order valence-corrected chi connectivity index (χ3v) is 7.38. The van der Waals surface area contributed by atoms with Gasteiger partial charge >= 0.3 is 6.18 Å². The Morgan fingerprint density at radius 2 is 2.03 bits per heavy atom. The predicted octanol–water partition coefficient (Wildman–Crippen LogP) is 4.09. The van der Waals surface area contributed by atoms with Crippen LogP contribution in [0.1, 0.15) is 27.9 Å². The lowest BCUT2D eigenvalue weighted by Crippen LogP contribution is -2.50. The van der Waals surface area contributed by atoms with Crippen LogP contribution in [0.5, 0.6) is 0 Å². The third kappa shape index (κ3) is 4.08. The monoisotopic (exact) mass is 480 g/mol. The van der Waals surface area contributed by atoms with Gasteiger partial charge in [-0.2, -0.15) is 18.4 Å². The maximum absolute atomic E-state index is 13.5. The molecule has 0 aliphatic carbocycles. The minimum atomic E-state index is -4.64. The van der Waals surface area contributed by atoms with Crippen molar-refractivity contribution >= 4 is 22.5 Å². The van der Waals surface area contributed by atoms with E-state index < -0.39 is 22.7 Å². The van der Waals surface area contributed by atoms with Gasteiger partial charge in [-0.1, -0.05) is 6.07 Å². The molecule has 1 N–H and O–H groups in total. The average Bonchev–Trinajstić information content (AvgIpc) is 3.26. The van der Waals surface area contributed by atoms with Gasteiger partial charge < -0.3 is 14.9 Å². The summed E-state index contributed by atoms with van der Waals surface area (Å²) >= 11 is 0. The molecular weight excluding hydrogens is 457 g/mol. The maximum atomic E-state index is 13.5. The molecule has 2 fully saturated rings. The molecule has 1 aromatic heterocycles. The van der Waals surface area contributed by atoms with Gasteiger partial charge in [0.1, 0.15) is 0 Å². The van der Waals surface area contributed by atoms with E-state index in [-0.39, 0.29) is 18.4 Å². The molecule has 35 heavy (non-hydrogen) atoms. The molecule has 5 rings (SSSR count). The number of nitrogens with zero attached hydrogens (tertiary/aromatic N) is 4. The fourth-order valence-corrected chi connectivity index (χ4v) is 5.37. The molecular formula is C26H23F3N4O2. The van der Waals surface area contributed by atoms with Gasteiger partial charge in [-0.05, 0) is 48.9 Å². The number of amides is 1. The minimum absolute atomic E-state index is 0.0997. The van der Waals surface area contributed by atoms with Crippen LogP contribution >= 0.6 is 0 Å². The number of alkyl halides is 3. The van der Waals surface area contributed by atoms with Crippen LogP contribution in [0.2, 0.25) is 0 Å². The Hall–Kier alpha value is -3.64. The summed E-state index contributed by atoms with van der Waals surface area (Å²) in [5.74, 6) is -0.212. The van der Waals surface area contributed by atoms with Crippen molar-refractivity contribution in [2.75, 3.05) is 37.7 Å². The number of aliphatic hydroxyl groups excluding tert-OH is 1. The highest BCUT2D eigenvalue weighted by atomic mass is 19.4. The third-order valence-electron chi connectivity index (χ3n) is 7.38. The molecule has 180 valence electrons. The van der Waals surface area contributed by atoms with E-state index in [0.717, 1.165) is 17.0 Å². The number of aromatic nitrogens is 1. The lowest BCUT2D eigenvalue weighted by molar-refractivity contribution is -0.137. The van der Waals surface area contributed by atoms with E-state index >= 15 is 0 Å². The van der Waals surface area contributed by atoms with Crippen LogP contribution in [0.25, 0.3) is 10.9 Å². The molecule has 0 unspecified atom stereocenters. The maximum Gasteiger partial charge on any atom is 0.417 e. The topological polar surface area (TPSA) is 80.5 Å². The summed E-state index contributed by atoms with van der Waals surface area (Å²) < 4.78 is 40.4. The molecule has 0 spiro atoms. The molecule has 2 saturated heterocycles. The Morgan fingerprint density at radius 1 is 1.20 bits per heavy atom. The van der Waals surface area contributed by atoms with E-state index in [1.54, 1.807) is 23.2 Å². The Labute approximate surface area is 200 Å². The predicted molar refractivity (Wildman–Crippen MR) is 124 cm³/mol. The van der Waals surface area contributed by atoms with Gasteiger partial charge in [0.25, 0.3) is 5.91 Å². The Kier molecular flexibility index (Phi) is 5.64. The highest BCUT2D eigenvalue weighted by Crippen LogP contribution is 2.45. The van der Waals surface area contributed by atoms with Crippen molar-refractivity contribution in [1.29, 1.82) is 5.26 Å². The summed E-state index contributed by atoms with van der Waals surface area (Å²) in [6.45, 7) is 1.55. The van der Waals surface area contributed by atoms with Gasteiger partial charge in [0.05, 0.1) is 29.3 Å². The number of carbonyl (C=O) groups is 1. The minimum Gasteiger partial charge on any atom is -0.396 e. The number of anilines is 1. The number of hydrogen-bond acceptors (Lipinski definition) is 5. The zero-order chi connectivity index (χ0) is 24.8. The summed E-state index contributed by atoms with van der Waals surface area (Å²) in [5.41, 5.74) is -0.174. The van der Waals surface area contributed by atoms with Crippen molar-refractivity contribution in [3.8, 4) is 6.07 Å². The lowest BCUT2D eigenvalue weighted by Gasteiger charge is -2.42. The lowest BCUT2D eigenvalue weighted by atomic mass is 9.73. The highest BCUT2D eigenvalue weighted by Gasteiger charge is 2.50. The molecule has 9 heteroatoms. The van der Waals surface area contributed by atoms with E-state index in [1.807, 2.05) is 29.2 Å². The van der Waals surface area contributed by atoms with E-state index in [0.29, 0.717) is 43.9 Å². The molecule has 0 saturated carbocycles. The van der Waals surface area contributed by atoms with Gasteiger partial charge in [0, 0.05) is 60.3 Å². The number of aliphatic hydroxyl groups is 1. The fraction of sp³-hybridized carbons (Fsp3) is 0.346. The summed E-state index contributed by atoms with van der Waals surface area (Å²) in [5, 5.41) is 20.2. The molecule has 2 aliphatic rings. The van der Waals surface area contributed by atoms with Gasteiger partial charge in [0.2, 0.25) is 0 Å². The summed E-state index contributed by atoms with van der Waals surface area (Å²) in [6.07, 6.45) is -2.39. The van der Waals surface area contributed by atoms with Crippen molar-refractivity contribution < 1.29 is 23.1 Å². The second kappa shape index (κ2) is 8.54.